The van der Waals surface area contributed by atoms with E-state index in [2.05, 4.69) is 115 Å². The van der Waals surface area contributed by atoms with E-state index in [-0.39, 0.29) is 0 Å². The highest BCUT2D eigenvalue weighted by Crippen LogP contribution is 2.38. The fourth-order valence-corrected chi connectivity index (χ4v) is 14.0. The third-order valence-electron chi connectivity index (χ3n) is 20.0. The molecule has 28 heteroatoms. The highest BCUT2D eigenvalue weighted by Gasteiger charge is 2.30. The molecule has 0 radical (unpaired) electrons. The number of hydrogen-bond donors (Lipinski definition) is 4. The topological polar surface area (TPSA) is 284 Å². The number of allylic oxidation sites excluding steroid dienone is 20. The molecule has 4 N–H and O–H groups in total. The van der Waals surface area contributed by atoms with Gasteiger partial charge < -0.3 is 106 Å². The van der Waals surface area contributed by atoms with Crippen molar-refractivity contribution >= 4 is 56.6 Å². The molecule has 0 amide bonds. The van der Waals surface area contributed by atoms with Gasteiger partial charge in [-0.15, -0.1) is 0 Å². The Hall–Kier alpha value is -9.90. The van der Waals surface area contributed by atoms with E-state index in [9.17, 15) is 0 Å². The first-order chi connectivity index (χ1) is 59.3. The second kappa shape index (κ2) is 49.7. The number of aromatic amines is 2. The third-order valence-corrected chi connectivity index (χ3v) is 20.0. The number of rotatable bonds is 52. The molecule has 2 aromatic rings. The Bertz CT molecular complexity index is 4430. The van der Waals surface area contributed by atoms with Crippen molar-refractivity contribution in [3.05, 3.63) is 213 Å². The van der Waals surface area contributed by atoms with Crippen LogP contribution in [0.2, 0.25) is 0 Å². The lowest BCUT2D eigenvalue weighted by atomic mass is 10.0. The number of hydrogen-bond acceptors (Lipinski definition) is 26. The molecular formula is C92H114N12O16. The van der Waals surface area contributed by atoms with E-state index in [0.717, 1.165) is 113 Å². The smallest absolute Gasteiger partial charge is 0.121 e. The standard InChI is InChI=1S/C92H114N12O16/c1-103-37-35-93-91(103)89-85-31-27-81(99-85)69(15-9-39-109-51-55-117-63-59-113-47-43-105-3)77-23-19-73(95-77)67(74-20-24-78(96-74)70(82-28-32-86(89)100-82)16-10-40-110-52-56-118-64-60-114-48-44-106-4)13-7-8-14-68-75-21-25-79(97-75)71(17-11-41-111-53-57-119-65-61-115-49-45-107-5)83-29-33-87(101-83)90(92-94-36-38-104(92)2)88-34-30-84(102-88)72(80-26-22-76(68)98-80)18-12-42-112-54-58-120-66-62-116-50-46-108-6/h19-38,93-94,99,101H,9-12,15-18,39-66H2,1-6H3/b74-67?,76-68?,77-69?,79-71?,82-70?,84-72?,91-89-,92-90+. The number of aromatic nitrogens is 2. The number of ether oxygens (including phenoxy) is 16. The summed E-state index contributed by atoms with van der Waals surface area (Å²) in [5, 5.41) is 7.02. The van der Waals surface area contributed by atoms with E-state index in [0.29, 0.717) is 270 Å². The molecule has 10 aliphatic rings. The predicted molar refractivity (Wildman–Crippen MR) is 467 cm³/mol. The van der Waals surface area contributed by atoms with E-state index in [1.54, 1.807) is 28.4 Å². The van der Waals surface area contributed by atoms with Crippen molar-refractivity contribution in [1.29, 1.82) is 0 Å². The zero-order chi connectivity index (χ0) is 83.0. The zero-order valence-corrected chi connectivity index (χ0v) is 70.1. The van der Waals surface area contributed by atoms with Crippen molar-refractivity contribution in [3.63, 3.8) is 0 Å². The van der Waals surface area contributed by atoms with Gasteiger partial charge in [-0.2, -0.15) is 0 Å². The molecule has 12 heterocycles. The number of methoxy groups -OCH3 is 4. The van der Waals surface area contributed by atoms with E-state index in [1.165, 1.54) is 0 Å². The molecule has 16 bridgehead atoms. The maximum Gasteiger partial charge on any atom is 0.121 e. The molecule has 0 atom stereocenters. The molecule has 28 nitrogen and oxygen atoms in total. The summed E-state index contributed by atoms with van der Waals surface area (Å²) < 4.78 is 90.6. The van der Waals surface area contributed by atoms with Crippen molar-refractivity contribution in [3.8, 4) is 23.7 Å². The number of nitrogens with zero attached hydrogens (tertiary/aromatic N) is 8. The lowest BCUT2D eigenvalue weighted by Crippen LogP contribution is -2.19. The van der Waals surface area contributed by atoms with Crippen LogP contribution in [0.25, 0.3) is 22.3 Å². The molecule has 120 heavy (non-hydrogen) atoms. The highest BCUT2D eigenvalue weighted by molar-refractivity contribution is 6.32. The van der Waals surface area contributed by atoms with Gasteiger partial charge in [0.2, 0.25) is 0 Å². The van der Waals surface area contributed by atoms with Crippen LogP contribution < -0.4 is 10.6 Å². The Balaban J connectivity index is 0.904. The molecule has 0 aliphatic carbocycles. The third kappa shape index (κ3) is 26.3. The molecule has 0 saturated heterocycles. The van der Waals surface area contributed by atoms with Crippen LogP contribution in [0.1, 0.15) is 74.1 Å². The van der Waals surface area contributed by atoms with Crippen LogP contribution in [0.4, 0.5) is 0 Å². The minimum absolute atomic E-state index is 0.438. The minimum Gasteiger partial charge on any atom is -0.382 e. The molecule has 0 fully saturated rings. The number of fused-ring (bicyclic) bond motifs is 10. The van der Waals surface area contributed by atoms with Crippen molar-refractivity contribution < 1.29 is 75.8 Å². The summed E-state index contributed by atoms with van der Waals surface area (Å²) >= 11 is 0. The minimum atomic E-state index is 0.438. The molecular weight excluding hydrogens is 1530 g/mol. The summed E-state index contributed by atoms with van der Waals surface area (Å²) in [6, 6.07) is 8.48. The highest BCUT2D eigenvalue weighted by atomic mass is 16.6. The van der Waals surface area contributed by atoms with Gasteiger partial charge in [0, 0.05) is 127 Å². The summed E-state index contributed by atoms with van der Waals surface area (Å²) in [4.78, 5) is 44.7. The van der Waals surface area contributed by atoms with Crippen molar-refractivity contribution in [2.24, 2.45) is 30.0 Å². The maximum atomic E-state index is 6.17. The molecule has 0 unspecified atom stereocenters. The zero-order valence-electron chi connectivity index (χ0n) is 70.1. The first kappa shape index (κ1) is 89.4. The molecule has 12 rings (SSSR count). The summed E-state index contributed by atoms with van der Waals surface area (Å²) in [5.41, 5.74) is 19.1. The Morgan fingerprint density at radius 2 is 0.525 bits per heavy atom. The molecule has 638 valence electrons. The average Bonchev–Trinajstić information content (AvgIpc) is 1.63. The molecule has 2 aromatic heterocycles. The van der Waals surface area contributed by atoms with E-state index >= 15 is 0 Å². The van der Waals surface area contributed by atoms with Crippen LogP contribution in [0.3, 0.4) is 0 Å². The van der Waals surface area contributed by atoms with Gasteiger partial charge in [-0.1, -0.05) is 0 Å². The van der Waals surface area contributed by atoms with E-state index in [4.69, 9.17) is 106 Å². The Labute approximate surface area is 704 Å². The van der Waals surface area contributed by atoms with Crippen LogP contribution in [-0.4, -0.2) is 282 Å². The van der Waals surface area contributed by atoms with Gasteiger partial charge in [0.1, 0.15) is 11.6 Å². The van der Waals surface area contributed by atoms with Gasteiger partial charge in [0.25, 0.3) is 0 Å². The first-order valence-corrected chi connectivity index (χ1v) is 41.5. The van der Waals surface area contributed by atoms with Gasteiger partial charge in [0.15, 0.2) is 0 Å². The molecule has 0 aromatic carbocycles. The summed E-state index contributed by atoms with van der Waals surface area (Å²) in [6.07, 6.45) is 37.7. The van der Waals surface area contributed by atoms with Gasteiger partial charge in [0.05, 0.1) is 261 Å². The average molecular weight is 1640 g/mol. The van der Waals surface area contributed by atoms with Crippen LogP contribution in [0.5, 0.6) is 0 Å². The van der Waals surface area contributed by atoms with E-state index in [1.807, 2.05) is 75.4 Å². The van der Waals surface area contributed by atoms with Gasteiger partial charge in [-0.3, -0.25) is 0 Å². The van der Waals surface area contributed by atoms with Crippen molar-refractivity contribution in [2.75, 3.05) is 228 Å². The lowest BCUT2D eigenvalue weighted by Gasteiger charge is -2.17. The van der Waals surface area contributed by atoms with Crippen LogP contribution in [-0.2, 0) is 75.8 Å². The monoisotopic (exact) mass is 1640 g/mol. The SMILES string of the molecule is COCCOCCOCCOCCCC1=C2C=CC(=N2)/C(=C2/NC=CN2C)c2ccc([nH]2)C(CCCOCCOCCOCCOC)=C2C=CC(=N2)C(C#CC#CC2=C3C=CC(=N3)C(CCCOCCOCCOCCOC)=C3C=CC(=N3)/C(=C3\NC=CN3C)c3ccc([nH]3)C(CCCOCCOCCOCCOC)=C3C=CC2=N3)=C2C=CC1=N2. The second-order valence-corrected chi connectivity index (χ2v) is 28.4. The Morgan fingerprint density at radius 1 is 0.275 bits per heavy atom. The van der Waals surface area contributed by atoms with Crippen LogP contribution >= 0.6 is 0 Å². The Morgan fingerprint density at radius 3 is 0.833 bits per heavy atom. The number of aliphatic imine (C=N–C) groups is 6. The maximum absolute atomic E-state index is 6.17. The molecule has 10 aliphatic heterocycles. The fraction of sp³-hybridized carbons (Fsp3) is 0.457. The van der Waals surface area contributed by atoms with Gasteiger partial charge in [-0.25, -0.2) is 30.0 Å². The molecule has 0 saturated carbocycles. The predicted octanol–water partition coefficient (Wildman–Crippen LogP) is 10.8. The lowest BCUT2D eigenvalue weighted by molar-refractivity contribution is 0.00346. The normalized spacial score (nSPS) is 18.1. The Kier molecular flexibility index (Phi) is 37.0. The van der Waals surface area contributed by atoms with Crippen LogP contribution in [0.15, 0.2) is 220 Å². The van der Waals surface area contributed by atoms with Crippen molar-refractivity contribution in [2.45, 2.75) is 51.4 Å². The van der Waals surface area contributed by atoms with Gasteiger partial charge in [-0.05, 0) is 172 Å². The summed E-state index contributed by atoms with van der Waals surface area (Å²) in [5.74, 6) is 15.5. The number of H-pyrrole nitrogens is 2. The quantitative estimate of drug-likeness (QED) is 0.0354. The summed E-state index contributed by atoms with van der Waals surface area (Å²) in [6.45, 7) is 13.6. The van der Waals surface area contributed by atoms with E-state index < -0.39 is 0 Å². The molecule has 0 spiro atoms. The first-order valence-electron chi connectivity index (χ1n) is 41.5. The second-order valence-electron chi connectivity index (χ2n) is 28.4. The number of nitrogens with one attached hydrogen (secondary N) is 4. The van der Waals surface area contributed by atoms with Gasteiger partial charge >= 0.3 is 0 Å². The summed E-state index contributed by atoms with van der Waals surface area (Å²) in [7, 11) is 10.7. The van der Waals surface area contributed by atoms with Crippen LogP contribution in [0, 0.1) is 23.7 Å². The largest absolute Gasteiger partial charge is 0.382 e. The van der Waals surface area contributed by atoms with Crippen molar-refractivity contribution in [1.82, 2.24) is 30.4 Å². The fourth-order valence-electron chi connectivity index (χ4n) is 14.0.